The average molecular weight is 314 g/mol. The standard InChI is InChI=1S/C14H18O6S/c1-8(15)21-5-4-12(17)14(20)10-6-9(7-13(18)19)2-3-11(10)16/h2-3,6,12,14,16-17,20H,4-5,7H2,1H3,(H,18,19). The maximum absolute atomic E-state index is 10.8. The summed E-state index contributed by atoms with van der Waals surface area (Å²) in [7, 11) is 0. The van der Waals surface area contributed by atoms with Gasteiger partial charge in [-0.05, 0) is 24.1 Å². The van der Waals surface area contributed by atoms with E-state index in [0.717, 1.165) is 11.8 Å². The number of rotatable bonds is 7. The van der Waals surface area contributed by atoms with E-state index in [9.17, 15) is 24.9 Å². The van der Waals surface area contributed by atoms with Crippen molar-refractivity contribution in [1.29, 1.82) is 0 Å². The molecule has 1 aromatic rings. The second kappa shape index (κ2) is 8.02. The van der Waals surface area contributed by atoms with Crippen LogP contribution in [0.15, 0.2) is 18.2 Å². The Bertz CT molecular complexity index is 516. The summed E-state index contributed by atoms with van der Waals surface area (Å²) < 4.78 is 0. The number of aliphatic hydroxyl groups excluding tert-OH is 2. The third-order valence-electron chi connectivity index (χ3n) is 2.85. The number of aliphatic hydroxyl groups is 2. The highest BCUT2D eigenvalue weighted by Gasteiger charge is 2.22. The molecule has 1 aromatic carbocycles. The van der Waals surface area contributed by atoms with E-state index in [0.29, 0.717) is 11.3 Å². The first-order valence-electron chi connectivity index (χ1n) is 6.34. The molecule has 2 atom stereocenters. The van der Waals surface area contributed by atoms with Crippen molar-refractivity contribution >= 4 is 22.8 Å². The minimum Gasteiger partial charge on any atom is -0.508 e. The van der Waals surface area contributed by atoms with Crippen molar-refractivity contribution in [3.63, 3.8) is 0 Å². The van der Waals surface area contributed by atoms with Crippen molar-refractivity contribution in [2.45, 2.75) is 32.0 Å². The number of thioether (sulfide) groups is 1. The molecule has 0 aliphatic carbocycles. The Hall–Kier alpha value is -1.57. The first-order chi connectivity index (χ1) is 9.81. The lowest BCUT2D eigenvalue weighted by atomic mass is 9.98. The van der Waals surface area contributed by atoms with Gasteiger partial charge in [0.1, 0.15) is 11.9 Å². The van der Waals surface area contributed by atoms with Crippen molar-refractivity contribution in [3.8, 4) is 5.75 Å². The molecule has 0 saturated heterocycles. The highest BCUT2D eigenvalue weighted by Crippen LogP contribution is 2.29. The molecule has 0 bridgehead atoms. The van der Waals surface area contributed by atoms with Gasteiger partial charge in [-0.3, -0.25) is 9.59 Å². The highest BCUT2D eigenvalue weighted by atomic mass is 32.2. The van der Waals surface area contributed by atoms with Crippen LogP contribution >= 0.6 is 11.8 Å². The van der Waals surface area contributed by atoms with Crippen LogP contribution < -0.4 is 0 Å². The van der Waals surface area contributed by atoms with Crippen LogP contribution in [-0.4, -0.2) is 43.4 Å². The van der Waals surface area contributed by atoms with Gasteiger partial charge in [0.25, 0.3) is 0 Å². The lowest BCUT2D eigenvalue weighted by molar-refractivity contribution is -0.136. The third-order valence-corrected chi connectivity index (χ3v) is 3.70. The van der Waals surface area contributed by atoms with E-state index in [1.54, 1.807) is 0 Å². The minimum atomic E-state index is -1.34. The van der Waals surface area contributed by atoms with Crippen LogP contribution in [0, 0.1) is 0 Å². The summed E-state index contributed by atoms with van der Waals surface area (Å²) in [6, 6.07) is 4.08. The van der Waals surface area contributed by atoms with Gasteiger partial charge in [0.05, 0.1) is 12.5 Å². The van der Waals surface area contributed by atoms with Crippen LogP contribution in [0.4, 0.5) is 0 Å². The Labute approximate surface area is 126 Å². The number of benzene rings is 1. The molecule has 7 heteroatoms. The fraction of sp³-hybridized carbons (Fsp3) is 0.429. The van der Waals surface area contributed by atoms with Gasteiger partial charge in [-0.25, -0.2) is 0 Å². The molecule has 0 spiro atoms. The van der Waals surface area contributed by atoms with E-state index in [1.807, 2.05) is 0 Å². The van der Waals surface area contributed by atoms with Crippen LogP contribution in [0.5, 0.6) is 5.75 Å². The first kappa shape index (κ1) is 17.5. The van der Waals surface area contributed by atoms with Crippen LogP contribution in [0.25, 0.3) is 0 Å². The fourth-order valence-corrected chi connectivity index (χ4v) is 2.46. The molecule has 0 fully saturated rings. The third kappa shape index (κ3) is 5.74. The number of carboxylic acids is 1. The second-order valence-corrected chi connectivity index (χ2v) is 5.88. The van der Waals surface area contributed by atoms with Crippen molar-refractivity contribution in [1.82, 2.24) is 0 Å². The van der Waals surface area contributed by atoms with Gasteiger partial charge < -0.3 is 20.4 Å². The van der Waals surface area contributed by atoms with E-state index in [4.69, 9.17) is 5.11 Å². The predicted molar refractivity (Wildman–Crippen MR) is 78.2 cm³/mol. The number of phenolic OH excluding ortho intramolecular Hbond substituents is 1. The molecule has 0 aliphatic heterocycles. The van der Waals surface area contributed by atoms with E-state index < -0.39 is 18.2 Å². The summed E-state index contributed by atoms with van der Waals surface area (Å²) in [6.07, 6.45) is -2.56. The molecule has 0 aromatic heterocycles. The quantitative estimate of drug-likeness (QED) is 0.595. The Morgan fingerprint density at radius 1 is 1.29 bits per heavy atom. The molecule has 116 valence electrons. The van der Waals surface area contributed by atoms with E-state index >= 15 is 0 Å². The predicted octanol–water partition coefficient (Wildman–Crippen LogP) is 1.08. The van der Waals surface area contributed by atoms with E-state index in [-0.39, 0.29) is 29.3 Å². The van der Waals surface area contributed by atoms with E-state index in [2.05, 4.69) is 0 Å². The zero-order chi connectivity index (χ0) is 16.0. The van der Waals surface area contributed by atoms with Gasteiger partial charge in [-0.1, -0.05) is 17.8 Å². The molecule has 21 heavy (non-hydrogen) atoms. The Balaban J connectivity index is 2.77. The zero-order valence-corrected chi connectivity index (χ0v) is 12.3. The maximum atomic E-state index is 10.8. The second-order valence-electron chi connectivity index (χ2n) is 4.60. The Morgan fingerprint density at radius 3 is 2.52 bits per heavy atom. The molecule has 1 rings (SSSR count). The van der Waals surface area contributed by atoms with Gasteiger partial charge in [-0.15, -0.1) is 0 Å². The molecule has 2 unspecified atom stereocenters. The normalized spacial score (nSPS) is 13.7. The summed E-state index contributed by atoms with van der Waals surface area (Å²) in [5.41, 5.74) is 0.494. The average Bonchev–Trinajstić information content (AvgIpc) is 2.39. The summed E-state index contributed by atoms with van der Waals surface area (Å²) in [6.45, 7) is 1.41. The largest absolute Gasteiger partial charge is 0.508 e. The molecular formula is C14H18O6S. The number of carboxylic acid groups (broad SMARTS) is 1. The minimum absolute atomic E-state index is 0.0778. The van der Waals surface area contributed by atoms with Gasteiger partial charge in [0, 0.05) is 18.2 Å². The SMILES string of the molecule is CC(=O)SCCC(O)C(O)c1cc(CC(=O)O)ccc1O. The number of carbonyl (C=O) groups is 2. The smallest absolute Gasteiger partial charge is 0.307 e. The molecule has 0 aliphatic rings. The number of aliphatic carboxylic acids is 1. The number of aromatic hydroxyl groups is 1. The summed E-state index contributed by atoms with van der Waals surface area (Å²) in [5, 5.41) is 38.3. The monoisotopic (exact) mass is 314 g/mol. The van der Waals surface area contributed by atoms with Crippen molar-refractivity contribution < 1.29 is 30.0 Å². The fourth-order valence-electron chi connectivity index (χ4n) is 1.81. The maximum Gasteiger partial charge on any atom is 0.307 e. The molecule has 0 saturated carbocycles. The van der Waals surface area contributed by atoms with Crippen molar-refractivity contribution in [2.75, 3.05) is 5.75 Å². The molecule has 0 amide bonds. The van der Waals surface area contributed by atoms with Crippen LogP contribution in [0.3, 0.4) is 0 Å². The first-order valence-corrected chi connectivity index (χ1v) is 7.33. The lowest BCUT2D eigenvalue weighted by Gasteiger charge is -2.19. The van der Waals surface area contributed by atoms with Gasteiger partial charge in [0.2, 0.25) is 0 Å². The molecule has 4 N–H and O–H groups in total. The van der Waals surface area contributed by atoms with Gasteiger partial charge in [-0.2, -0.15) is 0 Å². The topological polar surface area (TPSA) is 115 Å². The molecule has 0 radical (unpaired) electrons. The number of hydrogen-bond donors (Lipinski definition) is 4. The lowest BCUT2D eigenvalue weighted by Crippen LogP contribution is -2.19. The highest BCUT2D eigenvalue weighted by molar-refractivity contribution is 8.13. The summed E-state index contributed by atoms with van der Waals surface area (Å²) >= 11 is 1.04. The number of phenols is 1. The Morgan fingerprint density at radius 2 is 1.95 bits per heavy atom. The molecule has 6 nitrogen and oxygen atoms in total. The van der Waals surface area contributed by atoms with E-state index in [1.165, 1.54) is 25.1 Å². The Kier molecular flexibility index (Phi) is 6.67. The summed E-state index contributed by atoms with van der Waals surface area (Å²) in [5.74, 6) is -0.891. The van der Waals surface area contributed by atoms with Gasteiger partial charge in [0.15, 0.2) is 5.12 Å². The van der Waals surface area contributed by atoms with Crippen LogP contribution in [0.2, 0.25) is 0 Å². The zero-order valence-electron chi connectivity index (χ0n) is 11.5. The van der Waals surface area contributed by atoms with Crippen LogP contribution in [0.1, 0.15) is 30.6 Å². The van der Waals surface area contributed by atoms with Crippen LogP contribution in [-0.2, 0) is 16.0 Å². The molecular weight excluding hydrogens is 296 g/mol. The number of hydrogen-bond acceptors (Lipinski definition) is 6. The van der Waals surface area contributed by atoms with Gasteiger partial charge >= 0.3 is 5.97 Å². The summed E-state index contributed by atoms with van der Waals surface area (Å²) in [4.78, 5) is 21.5. The van der Waals surface area contributed by atoms with Crippen molar-refractivity contribution in [2.24, 2.45) is 0 Å². The molecule has 0 heterocycles. The van der Waals surface area contributed by atoms with Crippen molar-refractivity contribution in [3.05, 3.63) is 29.3 Å². The number of carbonyl (C=O) groups excluding carboxylic acids is 1.